The molecule has 0 aromatic carbocycles. The van der Waals surface area contributed by atoms with E-state index >= 15 is 0 Å². The predicted octanol–water partition coefficient (Wildman–Crippen LogP) is -2.04. The minimum Gasteiger partial charge on any atom is -0.394 e. The predicted molar refractivity (Wildman–Crippen MR) is 61.7 cm³/mol. The summed E-state index contributed by atoms with van der Waals surface area (Å²) in [4.78, 5) is 15.3. The van der Waals surface area contributed by atoms with E-state index in [4.69, 9.17) is 15.1 Å². The maximum absolute atomic E-state index is 11.8. The van der Waals surface area contributed by atoms with Crippen molar-refractivity contribution >= 4 is 5.82 Å². The number of rotatable bonds is 3. The average molecular weight is 273 g/mol. The fraction of sp³-hybridized carbons (Fsp3) is 0.600. The Morgan fingerprint density at radius 3 is 2.68 bits per heavy atom. The summed E-state index contributed by atoms with van der Waals surface area (Å²) >= 11 is 0. The van der Waals surface area contributed by atoms with E-state index in [-0.39, 0.29) is 5.82 Å². The number of hydrogen-bond donors (Lipinski definition) is 5. The molecule has 1 aliphatic heterocycles. The third-order valence-corrected chi connectivity index (χ3v) is 3.03. The molecule has 106 valence electrons. The van der Waals surface area contributed by atoms with Crippen molar-refractivity contribution in [1.82, 2.24) is 9.55 Å². The molecule has 1 aliphatic rings. The molecule has 1 fully saturated rings. The molecule has 9 heteroatoms. The van der Waals surface area contributed by atoms with Gasteiger partial charge in [0.15, 0.2) is 12.0 Å². The molecule has 0 aliphatic carbocycles. The van der Waals surface area contributed by atoms with Gasteiger partial charge < -0.3 is 20.1 Å². The van der Waals surface area contributed by atoms with E-state index in [9.17, 15) is 15.0 Å². The fourth-order valence-electron chi connectivity index (χ4n) is 1.97. The number of nitrogens with zero attached hydrogens (tertiary/aromatic N) is 2. The van der Waals surface area contributed by atoms with Gasteiger partial charge in [-0.05, 0) is 6.92 Å². The maximum atomic E-state index is 11.8. The first-order chi connectivity index (χ1) is 8.99. The fourth-order valence-corrected chi connectivity index (χ4v) is 1.97. The van der Waals surface area contributed by atoms with Gasteiger partial charge in [0.05, 0.1) is 6.61 Å². The number of hydrogen-bond acceptors (Lipinski definition) is 8. The van der Waals surface area contributed by atoms with Crippen molar-refractivity contribution in [3.05, 3.63) is 22.2 Å². The Kier molecular flexibility index (Phi) is 3.83. The van der Waals surface area contributed by atoms with Crippen LogP contribution in [-0.4, -0.2) is 55.0 Å². The van der Waals surface area contributed by atoms with E-state index in [0.717, 1.165) is 4.57 Å². The van der Waals surface area contributed by atoms with Gasteiger partial charge in [0.2, 0.25) is 0 Å². The quantitative estimate of drug-likeness (QED) is 0.397. The molecule has 0 bridgehead atoms. The number of aryl methyl sites for hydroxylation is 1. The van der Waals surface area contributed by atoms with E-state index < -0.39 is 36.8 Å². The zero-order chi connectivity index (χ0) is 14.2. The SMILES string of the molecule is Cc1cn(C2OC(CO)C(O)C2O)c(=O)nc1NO. The molecule has 9 nitrogen and oxygen atoms in total. The van der Waals surface area contributed by atoms with Gasteiger partial charge >= 0.3 is 5.69 Å². The van der Waals surface area contributed by atoms with Gasteiger partial charge in [0.1, 0.15) is 18.3 Å². The number of nitrogens with one attached hydrogen (secondary N) is 1. The van der Waals surface area contributed by atoms with Gasteiger partial charge in [-0.1, -0.05) is 0 Å². The van der Waals surface area contributed by atoms with Crippen LogP contribution in [0.4, 0.5) is 5.82 Å². The van der Waals surface area contributed by atoms with E-state index in [1.54, 1.807) is 12.4 Å². The normalized spacial score (nSPS) is 30.6. The summed E-state index contributed by atoms with van der Waals surface area (Å²) in [7, 11) is 0. The molecular formula is C10H15N3O6. The van der Waals surface area contributed by atoms with Crippen LogP contribution in [0.3, 0.4) is 0 Å². The zero-order valence-corrected chi connectivity index (χ0v) is 10.1. The molecule has 1 saturated heterocycles. The molecular weight excluding hydrogens is 258 g/mol. The minimum atomic E-state index is -1.36. The van der Waals surface area contributed by atoms with Crippen LogP contribution >= 0.6 is 0 Å². The van der Waals surface area contributed by atoms with Crippen LogP contribution in [0.1, 0.15) is 11.8 Å². The second-order valence-corrected chi connectivity index (χ2v) is 4.30. The summed E-state index contributed by atoms with van der Waals surface area (Å²) in [6.45, 7) is 1.11. The van der Waals surface area contributed by atoms with Crippen LogP contribution in [0, 0.1) is 6.92 Å². The summed E-state index contributed by atoms with van der Waals surface area (Å²) in [5.74, 6) is -0.00649. The Hall–Kier alpha value is -1.52. The van der Waals surface area contributed by atoms with Gasteiger partial charge in [-0.15, -0.1) is 0 Å². The highest BCUT2D eigenvalue weighted by Crippen LogP contribution is 2.28. The second kappa shape index (κ2) is 5.23. The lowest BCUT2D eigenvalue weighted by atomic mass is 10.1. The molecule has 0 spiro atoms. The van der Waals surface area contributed by atoms with Gasteiger partial charge in [-0.25, -0.2) is 4.79 Å². The minimum absolute atomic E-state index is 0.00649. The molecule has 2 heterocycles. The summed E-state index contributed by atoms with van der Waals surface area (Å²) in [5, 5.41) is 37.2. The standard InChI is InChI=1S/C10H15N3O6/c1-4-2-13(10(17)11-8(4)12-18)9-7(16)6(15)5(3-14)19-9/h2,5-7,9,14-16,18H,3H2,1H3,(H,11,12,17). The van der Waals surface area contributed by atoms with Gasteiger partial charge in [0.25, 0.3) is 0 Å². The molecule has 2 rings (SSSR count). The lowest BCUT2D eigenvalue weighted by Crippen LogP contribution is -2.36. The molecule has 5 N–H and O–H groups in total. The number of aliphatic hydroxyl groups is 3. The maximum Gasteiger partial charge on any atom is 0.351 e. The topological polar surface area (TPSA) is 137 Å². The van der Waals surface area contributed by atoms with Crippen LogP contribution in [0.5, 0.6) is 0 Å². The Morgan fingerprint density at radius 1 is 1.47 bits per heavy atom. The van der Waals surface area contributed by atoms with Crippen LogP contribution in [0.2, 0.25) is 0 Å². The molecule has 1 aromatic heterocycles. The molecule has 0 radical (unpaired) electrons. The van der Waals surface area contributed by atoms with Crippen LogP contribution in [0.15, 0.2) is 11.0 Å². The first kappa shape index (κ1) is 13.9. The van der Waals surface area contributed by atoms with Crippen LogP contribution < -0.4 is 11.2 Å². The van der Waals surface area contributed by atoms with E-state index in [2.05, 4.69) is 4.98 Å². The van der Waals surface area contributed by atoms with Crippen LogP contribution in [-0.2, 0) is 4.74 Å². The highest BCUT2D eigenvalue weighted by molar-refractivity contribution is 5.38. The monoisotopic (exact) mass is 273 g/mol. The zero-order valence-electron chi connectivity index (χ0n) is 10.1. The van der Waals surface area contributed by atoms with Crippen molar-refractivity contribution < 1.29 is 25.3 Å². The van der Waals surface area contributed by atoms with Gasteiger partial charge in [-0.3, -0.25) is 15.3 Å². The first-order valence-electron chi connectivity index (χ1n) is 5.62. The number of anilines is 1. The lowest BCUT2D eigenvalue weighted by Gasteiger charge is -2.18. The van der Waals surface area contributed by atoms with Crippen molar-refractivity contribution in [3.8, 4) is 0 Å². The Bertz CT molecular complexity index is 518. The Labute approximate surface area is 107 Å². The number of aliphatic hydroxyl groups excluding tert-OH is 3. The number of ether oxygens (including phenoxy) is 1. The summed E-state index contributed by atoms with van der Waals surface area (Å²) in [6, 6.07) is 0. The van der Waals surface area contributed by atoms with E-state index in [1.165, 1.54) is 6.20 Å². The van der Waals surface area contributed by atoms with Crippen LogP contribution in [0.25, 0.3) is 0 Å². The summed E-state index contributed by atoms with van der Waals surface area (Å²) in [5.41, 5.74) is 1.45. The smallest absolute Gasteiger partial charge is 0.351 e. The molecule has 4 unspecified atom stereocenters. The third-order valence-electron chi connectivity index (χ3n) is 3.03. The Morgan fingerprint density at radius 2 is 2.16 bits per heavy atom. The Balaban J connectivity index is 2.38. The number of aromatic nitrogens is 2. The average Bonchev–Trinajstić information content (AvgIpc) is 2.68. The van der Waals surface area contributed by atoms with Crippen molar-refractivity contribution in [2.75, 3.05) is 12.1 Å². The third kappa shape index (κ3) is 2.33. The van der Waals surface area contributed by atoms with Crippen molar-refractivity contribution in [2.24, 2.45) is 0 Å². The van der Waals surface area contributed by atoms with E-state index in [0.29, 0.717) is 5.56 Å². The molecule has 0 saturated carbocycles. The largest absolute Gasteiger partial charge is 0.394 e. The summed E-state index contributed by atoms with van der Waals surface area (Å²) < 4.78 is 6.22. The van der Waals surface area contributed by atoms with Crippen molar-refractivity contribution in [1.29, 1.82) is 0 Å². The lowest BCUT2D eigenvalue weighted by molar-refractivity contribution is -0.0550. The summed E-state index contributed by atoms with van der Waals surface area (Å²) in [6.07, 6.45) is -3.43. The molecule has 4 atom stereocenters. The highest BCUT2D eigenvalue weighted by atomic mass is 16.6. The van der Waals surface area contributed by atoms with Crippen molar-refractivity contribution in [2.45, 2.75) is 31.5 Å². The van der Waals surface area contributed by atoms with Crippen molar-refractivity contribution in [3.63, 3.8) is 0 Å². The molecule has 1 aromatic rings. The van der Waals surface area contributed by atoms with Gasteiger partial charge in [0, 0.05) is 11.8 Å². The second-order valence-electron chi connectivity index (χ2n) is 4.30. The highest BCUT2D eigenvalue weighted by Gasteiger charge is 2.43. The van der Waals surface area contributed by atoms with E-state index in [1.807, 2.05) is 0 Å². The first-order valence-corrected chi connectivity index (χ1v) is 5.62. The molecule has 0 amide bonds. The van der Waals surface area contributed by atoms with Gasteiger partial charge in [-0.2, -0.15) is 4.98 Å². The molecule has 19 heavy (non-hydrogen) atoms.